The van der Waals surface area contributed by atoms with Crippen LogP contribution in [0.1, 0.15) is 10.5 Å². The molecular formula is C16H18N6O2. The minimum Gasteiger partial charge on any atom is -0.480 e. The van der Waals surface area contributed by atoms with E-state index in [1.165, 1.54) is 12.0 Å². The molecule has 0 aliphatic heterocycles. The Bertz CT molecular complexity index is 863. The van der Waals surface area contributed by atoms with Gasteiger partial charge in [0.15, 0.2) is 11.5 Å². The lowest BCUT2D eigenvalue weighted by molar-refractivity contribution is 0.0821. The third-order valence-corrected chi connectivity index (χ3v) is 3.51. The highest BCUT2D eigenvalue weighted by molar-refractivity contribution is 5.93. The Morgan fingerprint density at radius 2 is 2.00 bits per heavy atom. The first-order chi connectivity index (χ1) is 11.5. The van der Waals surface area contributed by atoms with Crippen molar-refractivity contribution in [1.29, 1.82) is 0 Å². The van der Waals surface area contributed by atoms with Gasteiger partial charge < -0.3 is 14.2 Å². The number of aryl methyl sites for hydroxylation is 1. The van der Waals surface area contributed by atoms with Gasteiger partial charge in [0.05, 0.1) is 12.8 Å². The molecule has 124 valence electrons. The number of hydrogen-bond acceptors (Lipinski definition) is 5. The smallest absolute Gasteiger partial charge is 0.273 e. The molecule has 3 aromatic heterocycles. The van der Waals surface area contributed by atoms with E-state index in [0.717, 1.165) is 11.3 Å². The van der Waals surface area contributed by atoms with Gasteiger partial charge in [-0.25, -0.2) is 4.68 Å². The Kier molecular flexibility index (Phi) is 4.03. The largest absolute Gasteiger partial charge is 0.480 e. The standard InChI is InChI=1S/C16H18N6O2/c1-20(2)16(23)12-9-13(11-7-8-21(3)10-11)22(19-12)14-5-6-15(24-4)18-17-14/h5-10H,1-4H3. The highest BCUT2D eigenvalue weighted by atomic mass is 16.5. The molecule has 0 atom stereocenters. The number of nitrogens with zero attached hydrogens (tertiary/aromatic N) is 6. The first kappa shape index (κ1) is 15.7. The van der Waals surface area contributed by atoms with Crippen molar-refractivity contribution in [1.82, 2.24) is 29.4 Å². The summed E-state index contributed by atoms with van der Waals surface area (Å²) < 4.78 is 8.57. The van der Waals surface area contributed by atoms with Gasteiger partial charge in [0, 0.05) is 45.2 Å². The predicted octanol–water partition coefficient (Wildman–Crippen LogP) is 1.38. The lowest BCUT2D eigenvalue weighted by Gasteiger charge is -2.07. The second-order valence-electron chi connectivity index (χ2n) is 5.53. The van der Waals surface area contributed by atoms with Gasteiger partial charge in [-0.3, -0.25) is 4.79 Å². The zero-order valence-electron chi connectivity index (χ0n) is 14.0. The Hall–Kier alpha value is -3.16. The number of methoxy groups -OCH3 is 1. The monoisotopic (exact) mass is 326 g/mol. The number of carbonyl (C=O) groups excluding carboxylic acids is 1. The van der Waals surface area contributed by atoms with Crippen LogP contribution >= 0.6 is 0 Å². The zero-order chi connectivity index (χ0) is 17.3. The van der Waals surface area contributed by atoms with Crippen LogP contribution in [0.15, 0.2) is 36.7 Å². The quantitative estimate of drug-likeness (QED) is 0.724. The van der Waals surface area contributed by atoms with Crippen molar-refractivity contribution in [2.24, 2.45) is 7.05 Å². The fourth-order valence-electron chi connectivity index (χ4n) is 2.28. The van der Waals surface area contributed by atoms with Gasteiger partial charge in [0.2, 0.25) is 5.88 Å². The van der Waals surface area contributed by atoms with Crippen LogP contribution in [0.4, 0.5) is 0 Å². The summed E-state index contributed by atoms with van der Waals surface area (Å²) in [4.78, 5) is 13.8. The third kappa shape index (κ3) is 2.85. The summed E-state index contributed by atoms with van der Waals surface area (Å²) in [7, 11) is 6.84. The Morgan fingerprint density at radius 1 is 1.21 bits per heavy atom. The average molecular weight is 326 g/mol. The summed E-state index contributed by atoms with van der Waals surface area (Å²) in [6.45, 7) is 0. The van der Waals surface area contributed by atoms with Crippen molar-refractivity contribution < 1.29 is 9.53 Å². The molecule has 0 saturated heterocycles. The number of carbonyl (C=O) groups is 1. The van der Waals surface area contributed by atoms with Gasteiger partial charge in [-0.1, -0.05) is 0 Å². The van der Waals surface area contributed by atoms with Crippen LogP contribution in [-0.2, 0) is 7.05 Å². The first-order valence-electron chi connectivity index (χ1n) is 7.31. The molecule has 0 bridgehead atoms. The van der Waals surface area contributed by atoms with Crippen molar-refractivity contribution in [3.8, 4) is 23.0 Å². The molecule has 0 radical (unpaired) electrons. The van der Waals surface area contributed by atoms with Crippen molar-refractivity contribution in [2.45, 2.75) is 0 Å². The van der Waals surface area contributed by atoms with Crippen LogP contribution in [0.3, 0.4) is 0 Å². The van der Waals surface area contributed by atoms with E-state index in [1.54, 1.807) is 37.0 Å². The van der Waals surface area contributed by atoms with Crippen LogP contribution in [0.25, 0.3) is 17.1 Å². The van der Waals surface area contributed by atoms with Crippen molar-refractivity contribution in [3.63, 3.8) is 0 Å². The number of aromatic nitrogens is 5. The number of rotatable bonds is 4. The summed E-state index contributed by atoms with van der Waals surface area (Å²) in [5, 5.41) is 12.5. The maximum Gasteiger partial charge on any atom is 0.273 e. The van der Waals surface area contributed by atoms with Crippen molar-refractivity contribution in [2.75, 3.05) is 21.2 Å². The fourth-order valence-corrected chi connectivity index (χ4v) is 2.28. The van der Waals surface area contributed by atoms with E-state index in [2.05, 4.69) is 15.3 Å². The van der Waals surface area contributed by atoms with Gasteiger partial charge in [-0.2, -0.15) is 5.10 Å². The molecule has 24 heavy (non-hydrogen) atoms. The highest BCUT2D eigenvalue weighted by Gasteiger charge is 2.19. The molecule has 0 aliphatic rings. The van der Waals surface area contributed by atoms with Crippen LogP contribution in [0.2, 0.25) is 0 Å². The predicted molar refractivity (Wildman–Crippen MR) is 88.1 cm³/mol. The molecule has 0 aliphatic carbocycles. The molecule has 0 spiro atoms. The van der Waals surface area contributed by atoms with E-state index in [-0.39, 0.29) is 5.91 Å². The lowest BCUT2D eigenvalue weighted by atomic mass is 10.2. The van der Waals surface area contributed by atoms with Crippen LogP contribution in [0, 0.1) is 0 Å². The summed E-state index contributed by atoms with van der Waals surface area (Å²) >= 11 is 0. The van der Waals surface area contributed by atoms with Gasteiger partial charge in [-0.15, -0.1) is 10.2 Å². The molecule has 1 amide bonds. The summed E-state index contributed by atoms with van der Waals surface area (Å²) in [6.07, 6.45) is 3.88. The van der Waals surface area contributed by atoms with Crippen molar-refractivity contribution >= 4 is 5.91 Å². The Balaban J connectivity index is 2.13. The fraction of sp³-hybridized carbons (Fsp3) is 0.250. The second kappa shape index (κ2) is 6.15. The van der Waals surface area contributed by atoms with Gasteiger partial charge >= 0.3 is 0 Å². The minimum absolute atomic E-state index is 0.174. The molecule has 3 heterocycles. The van der Waals surface area contributed by atoms with Gasteiger partial charge in [-0.05, 0) is 18.2 Å². The Labute approximate surface area is 139 Å². The van der Waals surface area contributed by atoms with Crippen LogP contribution in [0.5, 0.6) is 5.88 Å². The van der Waals surface area contributed by atoms with E-state index in [1.807, 2.05) is 30.1 Å². The Morgan fingerprint density at radius 3 is 2.54 bits per heavy atom. The maximum absolute atomic E-state index is 12.3. The lowest BCUT2D eigenvalue weighted by Crippen LogP contribution is -2.22. The van der Waals surface area contributed by atoms with Gasteiger partial charge in [0.25, 0.3) is 5.91 Å². The number of hydrogen-bond donors (Lipinski definition) is 0. The molecule has 8 nitrogen and oxygen atoms in total. The zero-order valence-corrected chi connectivity index (χ0v) is 14.0. The van der Waals surface area contributed by atoms with Gasteiger partial charge in [0.1, 0.15) is 0 Å². The number of amides is 1. The molecule has 0 fully saturated rings. The molecule has 3 aromatic rings. The van der Waals surface area contributed by atoms with E-state index in [0.29, 0.717) is 17.4 Å². The third-order valence-electron chi connectivity index (χ3n) is 3.51. The highest BCUT2D eigenvalue weighted by Crippen LogP contribution is 2.24. The van der Waals surface area contributed by atoms with Crippen LogP contribution in [-0.4, -0.2) is 56.6 Å². The minimum atomic E-state index is -0.174. The summed E-state index contributed by atoms with van der Waals surface area (Å²) in [6, 6.07) is 7.15. The summed E-state index contributed by atoms with van der Waals surface area (Å²) in [5.74, 6) is 0.747. The molecule has 0 saturated carbocycles. The van der Waals surface area contributed by atoms with Crippen LogP contribution < -0.4 is 4.74 Å². The normalized spacial score (nSPS) is 10.7. The molecule has 0 aromatic carbocycles. The van der Waals surface area contributed by atoms with Crippen molar-refractivity contribution in [3.05, 3.63) is 42.4 Å². The topological polar surface area (TPSA) is 78.1 Å². The second-order valence-corrected chi connectivity index (χ2v) is 5.53. The van der Waals surface area contributed by atoms with E-state index >= 15 is 0 Å². The molecule has 0 unspecified atom stereocenters. The molecular weight excluding hydrogens is 308 g/mol. The molecule has 8 heteroatoms. The average Bonchev–Trinajstić information content (AvgIpc) is 3.20. The van der Waals surface area contributed by atoms with E-state index < -0.39 is 0 Å². The first-order valence-corrected chi connectivity index (χ1v) is 7.31. The molecule has 0 N–H and O–H groups in total. The number of ether oxygens (including phenoxy) is 1. The molecule has 3 rings (SSSR count). The van der Waals surface area contributed by atoms with E-state index in [4.69, 9.17) is 4.74 Å². The van der Waals surface area contributed by atoms with E-state index in [9.17, 15) is 4.79 Å². The SMILES string of the molecule is COc1ccc(-n2nc(C(=O)N(C)C)cc2-c2ccn(C)c2)nn1. The summed E-state index contributed by atoms with van der Waals surface area (Å²) in [5.41, 5.74) is 2.04. The maximum atomic E-state index is 12.3.